The van der Waals surface area contributed by atoms with Gasteiger partial charge in [0.05, 0.1) is 9.72 Å². The maximum absolute atomic E-state index is 13.5. The van der Waals surface area contributed by atoms with Gasteiger partial charge in [0, 0.05) is 18.7 Å². The number of hydrogen-bond donors (Lipinski definition) is 0. The minimum absolute atomic E-state index is 0. The third-order valence-electron chi connectivity index (χ3n) is 4.99. The van der Waals surface area contributed by atoms with Crippen LogP contribution in [0.15, 0.2) is 36.4 Å². The predicted octanol–water partition coefficient (Wildman–Crippen LogP) is 5.98. The number of anilines is 1. The third-order valence-corrected chi connectivity index (χ3v) is 6.34. The van der Waals surface area contributed by atoms with Crippen molar-refractivity contribution >= 4 is 56.6 Å². The third kappa shape index (κ3) is 5.28. The van der Waals surface area contributed by atoms with Crippen molar-refractivity contribution in [3.05, 3.63) is 58.1 Å². The van der Waals surface area contributed by atoms with Gasteiger partial charge >= 0.3 is 0 Å². The van der Waals surface area contributed by atoms with E-state index >= 15 is 0 Å². The van der Waals surface area contributed by atoms with Gasteiger partial charge < -0.3 is 4.90 Å². The number of halogens is 2. The lowest BCUT2D eigenvalue weighted by molar-refractivity contribution is 0.0983. The number of amides is 1. The van der Waals surface area contributed by atoms with Gasteiger partial charge in [-0.25, -0.2) is 4.98 Å². The number of likely N-dealkylation sites (N-methyl/N-ethyl adjacent to an activating group) is 1. The molecule has 0 spiro atoms. The molecule has 0 saturated carbocycles. The van der Waals surface area contributed by atoms with E-state index in [9.17, 15) is 4.79 Å². The summed E-state index contributed by atoms with van der Waals surface area (Å²) in [4.78, 5) is 22.3. The van der Waals surface area contributed by atoms with Gasteiger partial charge in [0.1, 0.15) is 5.52 Å². The summed E-state index contributed by atoms with van der Waals surface area (Å²) in [5.74, 6) is -0.0106. The zero-order valence-electron chi connectivity index (χ0n) is 17.2. The first-order valence-electron chi connectivity index (χ1n) is 9.61. The van der Waals surface area contributed by atoms with Gasteiger partial charge in [-0.05, 0) is 50.7 Å². The summed E-state index contributed by atoms with van der Waals surface area (Å²) in [6, 6.07) is 11.7. The highest BCUT2D eigenvalue weighted by Crippen LogP contribution is 2.33. The van der Waals surface area contributed by atoms with Crippen molar-refractivity contribution in [3.63, 3.8) is 0 Å². The van der Waals surface area contributed by atoms with Crippen LogP contribution in [-0.4, -0.2) is 42.0 Å². The Kier molecular flexibility index (Phi) is 8.46. The molecule has 4 nitrogen and oxygen atoms in total. The molecule has 3 aromatic rings. The molecule has 2 aromatic carbocycles. The summed E-state index contributed by atoms with van der Waals surface area (Å²) in [5.41, 5.74) is 3.53. The van der Waals surface area contributed by atoms with E-state index in [2.05, 4.69) is 18.7 Å². The quantitative estimate of drug-likeness (QED) is 0.443. The van der Waals surface area contributed by atoms with Crippen LogP contribution in [-0.2, 0) is 0 Å². The molecule has 1 aromatic heterocycles. The predicted molar refractivity (Wildman–Crippen MR) is 127 cm³/mol. The Bertz CT molecular complexity index is 985. The number of benzene rings is 2. The fourth-order valence-corrected chi connectivity index (χ4v) is 4.49. The number of aromatic nitrogens is 1. The molecule has 0 atom stereocenters. The summed E-state index contributed by atoms with van der Waals surface area (Å²) in [7, 11) is 0. The van der Waals surface area contributed by atoms with Crippen LogP contribution in [0.2, 0.25) is 5.02 Å². The molecule has 0 unspecified atom stereocenters. The number of thiazole rings is 1. The second-order valence-electron chi connectivity index (χ2n) is 6.89. The Labute approximate surface area is 187 Å². The number of carbonyl (C=O) groups is 1. The molecule has 0 saturated heterocycles. The van der Waals surface area contributed by atoms with Gasteiger partial charge in [-0.2, -0.15) is 0 Å². The lowest BCUT2D eigenvalue weighted by Crippen LogP contribution is -2.39. The van der Waals surface area contributed by atoms with Crippen molar-refractivity contribution in [1.82, 2.24) is 9.88 Å². The molecule has 0 N–H and O–H groups in total. The SMILES string of the molecule is CCN(CC)CCN(C(=O)c1cc(C)ccc1C)c1nc2c(Cl)cccc2s1.Cl. The maximum atomic E-state index is 13.5. The largest absolute Gasteiger partial charge is 0.302 e. The van der Waals surface area contributed by atoms with E-state index in [1.807, 2.05) is 50.2 Å². The minimum Gasteiger partial charge on any atom is -0.302 e. The number of aryl methyl sites for hydroxylation is 2. The lowest BCUT2D eigenvalue weighted by atomic mass is 10.0. The number of nitrogens with zero attached hydrogens (tertiary/aromatic N) is 3. The second kappa shape index (κ2) is 10.4. The normalized spacial score (nSPS) is 11.0. The van der Waals surface area contributed by atoms with Gasteiger partial charge in [-0.1, -0.05) is 60.5 Å². The first kappa shape index (κ1) is 23.6. The summed E-state index contributed by atoms with van der Waals surface area (Å²) in [6.45, 7) is 11.5. The van der Waals surface area contributed by atoms with Crippen LogP contribution in [0.3, 0.4) is 0 Å². The summed E-state index contributed by atoms with van der Waals surface area (Å²) < 4.78 is 0.990. The molecule has 1 heterocycles. The summed E-state index contributed by atoms with van der Waals surface area (Å²) >= 11 is 7.83. The van der Waals surface area contributed by atoms with Crippen LogP contribution in [0.1, 0.15) is 35.3 Å². The number of rotatable bonds is 7. The Hall–Kier alpha value is -1.66. The van der Waals surface area contributed by atoms with E-state index in [1.165, 1.54) is 11.3 Å². The molecule has 0 aliphatic rings. The molecule has 7 heteroatoms. The highest BCUT2D eigenvalue weighted by molar-refractivity contribution is 7.22. The van der Waals surface area contributed by atoms with Crippen LogP contribution in [0.5, 0.6) is 0 Å². The standard InChI is InChI=1S/C22H26ClN3OS.ClH/c1-5-25(6-2)12-13-26(21(27)17-14-15(3)10-11-16(17)4)22-24-20-18(23)8-7-9-19(20)28-22;/h7-11,14H,5-6,12-13H2,1-4H3;1H. The molecule has 156 valence electrons. The van der Waals surface area contributed by atoms with E-state index in [0.29, 0.717) is 16.7 Å². The van der Waals surface area contributed by atoms with E-state index in [0.717, 1.165) is 46.5 Å². The van der Waals surface area contributed by atoms with Crippen LogP contribution < -0.4 is 4.90 Å². The second-order valence-corrected chi connectivity index (χ2v) is 8.30. The smallest absolute Gasteiger partial charge is 0.260 e. The summed E-state index contributed by atoms with van der Waals surface area (Å²) in [6.07, 6.45) is 0. The van der Waals surface area contributed by atoms with E-state index < -0.39 is 0 Å². The molecule has 0 radical (unpaired) electrons. The van der Waals surface area contributed by atoms with Gasteiger partial charge in [0.25, 0.3) is 5.91 Å². The van der Waals surface area contributed by atoms with Crippen LogP contribution in [0.25, 0.3) is 10.2 Å². The summed E-state index contributed by atoms with van der Waals surface area (Å²) in [5, 5.41) is 1.31. The molecule has 0 aliphatic heterocycles. The molecule has 3 rings (SSSR count). The maximum Gasteiger partial charge on any atom is 0.260 e. The molecular formula is C22H27Cl2N3OS. The first-order chi connectivity index (χ1) is 13.4. The highest BCUT2D eigenvalue weighted by Gasteiger charge is 2.23. The molecule has 0 fully saturated rings. The van der Waals surface area contributed by atoms with Crippen molar-refractivity contribution in [2.45, 2.75) is 27.7 Å². The monoisotopic (exact) mass is 451 g/mol. The number of hydrogen-bond acceptors (Lipinski definition) is 4. The molecule has 29 heavy (non-hydrogen) atoms. The molecule has 1 amide bonds. The van der Waals surface area contributed by atoms with E-state index in [1.54, 1.807) is 4.90 Å². The van der Waals surface area contributed by atoms with Crippen molar-refractivity contribution in [2.75, 3.05) is 31.1 Å². The Balaban J connectivity index is 0.00000300. The van der Waals surface area contributed by atoms with Crippen molar-refractivity contribution in [3.8, 4) is 0 Å². The van der Waals surface area contributed by atoms with Crippen LogP contribution in [0.4, 0.5) is 5.13 Å². The Morgan fingerprint density at radius 1 is 1.10 bits per heavy atom. The van der Waals surface area contributed by atoms with E-state index in [-0.39, 0.29) is 18.3 Å². The lowest BCUT2D eigenvalue weighted by Gasteiger charge is -2.25. The van der Waals surface area contributed by atoms with Gasteiger partial charge in [0.2, 0.25) is 0 Å². The fraction of sp³-hybridized carbons (Fsp3) is 0.364. The number of carbonyl (C=O) groups excluding carboxylic acids is 1. The Morgan fingerprint density at radius 2 is 1.83 bits per heavy atom. The topological polar surface area (TPSA) is 36.4 Å². The van der Waals surface area contributed by atoms with Crippen molar-refractivity contribution < 1.29 is 4.79 Å². The number of para-hydroxylation sites is 1. The van der Waals surface area contributed by atoms with E-state index in [4.69, 9.17) is 16.6 Å². The van der Waals surface area contributed by atoms with Crippen LogP contribution >= 0.6 is 35.3 Å². The van der Waals surface area contributed by atoms with Gasteiger partial charge in [-0.15, -0.1) is 12.4 Å². The fourth-order valence-electron chi connectivity index (χ4n) is 3.20. The molecule has 0 bridgehead atoms. The molecular weight excluding hydrogens is 425 g/mol. The first-order valence-corrected chi connectivity index (χ1v) is 10.8. The van der Waals surface area contributed by atoms with Gasteiger partial charge in [0.15, 0.2) is 5.13 Å². The van der Waals surface area contributed by atoms with Crippen LogP contribution in [0, 0.1) is 13.8 Å². The average Bonchev–Trinajstić information content (AvgIpc) is 3.12. The average molecular weight is 452 g/mol. The molecule has 0 aliphatic carbocycles. The zero-order valence-corrected chi connectivity index (χ0v) is 19.6. The van der Waals surface area contributed by atoms with Gasteiger partial charge in [-0.3, -0.25) is 9.69 Å². The Morgan fingerprint density at radius 3 is 2.48 bits per heavy atom. The van der Waals surface area contributed by atoms with Crippen molar-refractivity contribution in [2.24, 2.45) is 0 Å². The number of fused-ring (bicyclic) bond motifs is 1. The minimum atomic E-state index is -0.0106. The highest BCUT2D eigenvalue weighted by atomic mass is 35.5. The van der Waals surface area contributed by atoms with Crippen molar-refractivity contribution in [1.29, 1.82) is 0 Å². The zero-order chi connectivity index (χ0) is 20.3.